The van der Waals surface area contributed by atoms with E-state index >= 15 is 0 Å². The minimum absolute atomic E-state index is 0.385. The molecule has 0 aliphatic carbocycles. The molecule has 144 valence electrons. The summed E-state index contributed by atoms with van der Waals surface area (Å²) in [6.07, 6.45) is 7.05. The molecule has 1 aromatic heterocycles. The zero-order valence-electron chi connectivity index (χ0n) is 16.4. The first-order chi connectivity index (χ1) is 13.3. The second-order valence-electron chi connectivity index (χ2n) is 7.92. The summed E-state index contributed by atoms with van der Waals surface area (Å²) in [7, 11) is 0. The first-order valence-electron chi connectivity index (χ1n) is 10.3. The third-order valence-electron chi connectivity index (χ3n) is 6.05. The standard InChI is InChI=1S/C23H31N3O/c1-19-5-7-21(8-6-19)25-14-9-22(10-15-25)26-16-11-23(12-17-26)27-18-20-4-2-3-13-24-20/h2-8,13,22-23H,9-12,14-18H2,1H3. The largest absolute Gasteiger partial charge is 0.372 e. The highest BCUT2D eigenvalue weighted by atomic mass is 16.5. The van der Waals surface area contributed by atoms with Crippen LogP contribution < -0.4 is 4.90 Å². The van der Waals surface area contributed by atoms with Gasteiger partial charge in [0.1, 0.15) is 0 Å². The maximum absolute atomic E-state index is 6.09. The molecule has 2 aliphatic heterocycles. The molecule has 0 atom stereocenters. The number of rotatable bonds is 5. The molecule has 3 heterocycles. The lowest BCUT2D eigenvalue weighted by atomic mass is 9.98. The van der Waals surface area contributed by atoms with Crippen molar-refractivity contribution in [2.24, 2.45) is 0 Å². The van der Waals surface area contributed by atoms with E-state index in [0.29, 0.717) is 12.7 Å². The molecule has 4 nitrogen and oxygen atoms in total. The number of piperidine rings is 2. The topological polar surface area (TPSA) is 28.6 Å². The minimum atomic E-state index is 0.385. The summed E-state index contributed by atoms with van der Waals surface area (Å²) >= 11 is 0. The van der Waals surface area contributed by atoms with Crippen LogP contribution in [0.25, 0.3) is 0 Å². The third-order valence-corrected chi connectivity index (χ3v) is 6.05. The van der Waals surface area contributed by atoms with Gasteiger partial charge in [-0.3, -0.25) is 4.98 Å². The SMILES string of the molecule is Cc1ccc(N2CCC(N3CCC(OCc4ccccn4)CC3)CC2)cc1. The van der Waals surface area contributed by atoms with Crippen LogP contribution >= 0.6 is 0 Å². The zero-order chi connectivity index (χ0) is 18.5. The van der Waals surface area contributed by atoms with Crippen molar-refractivity contribution >= 4 is 5.69 Å². The van der Waals surface area contributed by atoms with Gasteiger partial charge in [-0.25, -0.2) is 0 Å². The molecule has 27 heavy (non-hydrogen) atoms. The van der Waals surface area contributed by atoms with Crippen molar-refractivity contribution in [3.63, 3.8) is 0 Å². The van der Waals surface area contributed by atoms with Crippen LogP contribution in [-0.2, 0) is 11.3 Å². The highest BCUT2D eigenvalue weighted by molar-refractivity contribution is 5.47. The van der Waals surface area contributed by atoms with Crippen LogP contribution in [0.3, 0.4) is 0 Å². The molecule has 0 unspecified atom stereocenters. The van der Waals surface area contributed by atoms with E-state index in [1.54, 1.807) is 0 Å². The van der Waals surface area contributed by atoms with Crippen LogP contribution in [-0.4, -0.2) is 48.2 Å². The van der Waals surface area contributed by atoms with E-state index in [2.05, 4.69) is 46.0 Å². The summed E-state index contributed by atoms with van der Waals surface area (Å²) in [6, 6.07) is 15.7. The average Bonchev–Trinajstić information content (AvgIpc) is 2.74. The second kappa shape index (κ2) is 8.85. The van der Waals surface area contributed by atoms with Gasteiger partial charge < -0.3 is 14.5 Å². The van der Waals surface area contributed by atoms with Crippen molar-refractivity contribution in [3.8, 4) is 0 Å². The van der Waals surface area contributed by atoms with Gasteiger partial charge in [-0.2, -0.15) is 0 Å². The smallest absolute Gasteiger partial charge is 0.0891 e. The molecular formula is C23H31N3O. The van der Waals surface area contributed by atoms with E-state index < -0.39 is 0 Å². The van der Waals surface area contributed by atoms with Crippen LogP contribution in [0.5, 0.6) is 0 Å². The van der Waals surface area contributed by atoms with Crippen LogP contribution in [0, 0.1) is 6.92 Å². The van der Waals surface area contributed by atoms with Crippen molar-refractivity contribution in [2.45, 2.75) is 51.4 Å². The van der Waals surface area contributed by atoms with Crippen LogP contribution in [0.15, 0.2) is 48.7 Å². The molecule has 4 heteroatoms. The Morgan fingerprint density at radius 3 is 2.33 bits per heavy atom. The molecular weight excluding hydrogens is 334 g/mol. The fraction of sp³-hybridized carbons (Fsp3) is 0.522. The Bertz CT molecular complexity index is 687. The number of likely N-dealkylation sites (tertiary alicyclic amines) is 1. The first-order valence-corrected chi connectivity index (χ1v) is 10.3. The normalized spacial score (nSPS) is 20.1. The van der Waals surface area contributed by atoms with E-state index in [9.17, 15) is 0 Å². The number of benzene rings is 1. The molecule has 0 saturated carbocycles. The van der Waals surface area contributed by atoms with Gasteiger partial charge in [-0.05, 0) is 56.9 Å². The highest BCUT2D eigenvalue weighted by Crippen LogP contribution is 2.25. The lowest BCUT2D eigenvalue weighted by Gasteiger charge is -2.42. The number of hydrogen-bond donors (Lipinski definition) is 0. The Balaban J connectivity index is 1.20. The predicted octanol–water partition coefficient (Wildman–Crippen LogP) is 4.04. The molecule has 0 N–H and O–H groups in total. The lowest BCUT2D eigenvalue weighted by molar-refractivity contribution is -0.0143. The number of aryl methyl sites for hydroxylation is 1. The number of anilines is 1. The van der Waals surface area contributed by atoms with Gasteiger partial charge >= 0.3 is 0 Å². The summed E-state index contributed by atoms with van der Waals surface area (Å²) in [5.74, 6) is 0. The minimum Gasteiger partial charge on any atom is -0.372 e. The summed E-state index contributed by atoms with van der Waals surface area (Å²) in [5.41, 5.74) is 3.74. The van der Waals surface area contributed by atoms with E-state index in [4.69, 9.17) is 4.74 Å². The Morgan fingerprint density at radius 1 is 0.926 bits per heavy atom. The summed E-state index contributed by atoms with van der Waals surface area (Å²) < 4.78 is 6.09. The second-order valence-corrected chi connectivity index (χ2v) is 7.92. The monoisotopic (exact) mass is 365 g/mol. The zero-order valence-corrected chi connectivity index (χ0v) is 16.4. The molecule has 2 fully saturated rings. The number of pyridine rings is 1. The summed E-state index contributed by atoms with van der Waals surface area (Å²) in [5, 5.41) is 0. The average molecular weight is 366 g/mol. The number of aromatic nitrogens is 1. The van der Waals surface area contributed by atoms with E-state index in [0.717, 1.165) is 24.6 Å². The van der Waals surface area contributed by atoms with Crippen molar-refractivity contribution < 1.29 is 4.74 Å². The van der Waals surface area contributed by atoms with Gasteiger partial charge in [-0.1, -0.05) is 23.8 Å². The number of nitrogens with zero attached hydrogens (tertiary/aromatic N) is 3. The third kappa shape index (κ3) is 4.88. The Kier molecular flexibility index (Phi) is 6.05. The highest BCUT2D eigenvalue weighted by Gasteiger charge is 2.28. The molecule has 0 bridgehead atoms. The van der Waals surface area contributed by atoms with Crippen molar-refractivity contribution in [1.82, 2.24) is 9.88 Å². The van der Waals surface area contributed by atoms with Gasteiger partial charge in [0, 0.05) is 44.1 Å². The first kappa shape index (κ1) is 18.5. The Morgan fingerprint density at radius 2 is 1.67 bits per heavy atom. The summed E-state index contributed by atoms with van der Waals surface area (Å²) in [4.78, 5) is 9.59. The molecule has 0 amide bonds. The van der Waals surface area contributed by atoms with Gasteiger partial charge in [-0.15, -0.1) is 0 Å². The quantitative estimate of drug-likeness (QED) is 0.799. The van der Waals surface area contributed by atoms with Gasteiger partial charge in [0.05, 0.1) is 18.4 Å². The maximum atomic E-state index is 6.09. The lowest BCUT2D eigenvalue weighted by Crippen LogP contribution is -2.48. The fourth-order valence-corrected chi connectivity index (χ4v) is 4.34. The van der Waals surface area contributed by atoms with Crippen molar-refractivity contribution in [2.75, 3.05) is 31.1 Å². The van der Waals surface area contributed by atoms with Gasteiger partial charge in [0.25, 0.3) is 0 Å². The van der Waals surface area contributed by atoms with Crippen LogP contribution in [0.1, 0.15) is 36.9 Å². The number of hydrogen-bond acceptors (Lipinski definition) is 4. The molecule has 1 aromatic carbocycles. The van der Waals surface area contributed by atoms with E-state index in [-0.39, 0.29) is 0 Å². The Hall–Kier alpha value is -1.91. The van der Waals surface area contributed by atoms with E-state index in [1.807, 2.05) is 24.4 Å². The van der Waals surface area contributed by atoms with Gasteiger partial charge in [0.2, 0.25) is 0 Å². The maximum Gasteiger partial charge on any atom is 0.0891 e. The summed E-state index contributed by atoms with van der Waals surface area (Å²) in [6.45, 7) is 7.47. The molecule has 0 radical (unpaired) electrons. The molecule has 0 spiro atoms. The number of ether oxygens (including phenoxy) is 1. The van der Waals surface area contributed by atoms with Crippen molar-refractivity contribution in [3.05, 3.63) is 59.9 Å². The van der Waals surface area contributed by atoms with Crippen molar-refractivity contribution in [1.29, 1.82) is 0 Å². The molecule has 2 aromatic rings. The van der Waals surface area contributed by atoms with Crippen LogP contribution in [0.2, 0.25) is 0 Å². The Labute approximate surface area is 163 Å². The van der Waals surface area contributed by atoms with E-state index in [1.165, 1.54) is 50.3 Å². The molecule has 2 saturated heterocycles. The predicted molar refractivity (Wildman–Crippen MR) is 110 cm³/mol. The molecule has 2 aliphatic rings. The van der Waals surface area contributed by atoms with Gasteiger partial charge in [0.15, 0.2) is 0 Å². The molecule has 4 rings (SSSR count). The fourth-order valence-electron chi connectivity index (χ4n) is 4.34. The van der Waals surface area contributed by atoms with Crippen LogP contribution in [0.4, 0.5) is 5.69 Å².